The molecule has 1 fully saturated rings. The molecule has 102 valence electrons. The van der Waals surface area contributed by atoms with Gasteiger partial charge in [0.25, 0.3) is 0 Å². The Morgan fingerprint density at radius 2 is 2.28 bits per heavy atom. The Balaban J connectivity index is 1.90. The van der Waals surface area contributed by atoms with Crippen LogP contribution in [0.4, 0.5) is 5.00 Å². The number of anilines is 1. The van der Waals surface area contributed by atoms with Crippen LogP contribution in [0.5, 0.6) is 0 Å². The fourth-order valence-corrected chi connectivity index (χ4v) is 2.98. The third-order valence-corrected chi connectivity index (χ3v) is 4.30. The average Bonchev–Trinajstić information content (AvgIpc) is 2.70. The Hall–Kier alpha value is -0.680. The molecule has 0 saturated carbocycles. The Morgan fingerprint density at radius 3 is 3.11 bits per heavy atom. The molecule has 5 heteroatoms. The van der Waals surface area contributed by atoms with E-state index in [2.05, 4.69) is 33.7 Å². The summed E-state index contributed by atoms with van der Waals surface area (Å²) in [5, 5.41) is 8.86. The summed E-state index contributed by atoms with van der Waals surface area (Å²) >= 11 is 1.48. The summed E-state index contributed by atoms with van der Waals surface area (Å²) in [5.74, 6) is 0.876. The largest absolute Gasteiger partial charge is 0.374 e. The quantitative estimate of drug-likeness (QED) is 0.891. The molecular weight excluding hydrogens is 244 g/mol. The van der Waals surface area contributed by atoms with Crippen LogP contribution < -0.4 is 5.32 Å². The topological polar surface area (TPSA) is 41.1 Å². The van der Waals surface area contributed by atoms with Gasteiger partial charge in [-0.3, -0.25) is 4.90 Å². The minimum absolute atomic E-state index is 0.876. The standard InChI is InChI=1S/C13H24N4S/c1-3-7-14-13-12(15-16-18-13)10-17-8-4-5-11(2)6-9-17/h11,14H,3-10H2,1-2H3. The predicted octanol–water partition coefficient (Wildman–Crippen LogP) is 2.98. The van der Waals surface area contributed by atoms with E-state index in [4.69, 9.17) is 0 Å². The summed E-state index contributed by atoms with van der Waals surface area (Å²) in [6.07, 6.45) is 5.14. The minimum atomic E-state index is 0.876. The first-order valence-electron chi connectivity index (χ1n) is 7.07. The van der Waals surface area contributed by atoms with E-state index < -0.39 is 0 Å². The van der Waals surface area contributed by atoms with Crippen LogP contribution in [0, 0.1) is 5.92 Å². The molecule has 1 atom stereocenters. The molecule has 0 aromatic carbocycles. The normalized spacial score (nSPS) is 21.8. The first-order chi connectivity index (χ1) is 8.79. The molecule has 0 aliphatic carbocycles. The van der Waals surface area contributed by atoms with Gasteiger partial charge in [-0.2, -0.15) is 0 Å². The average molecular weight is 268 g/mol. The fraction of sp³-hybridized carbons (Fsp3) is 0.846. The zero-order valence-corrected chi connectivity index (χ0v) is 12.3. The molecule has 1 saturated heterocycles. The van der Waals surface area contributed by atoms with Gasteiger partial charge in [-0.1, -0.05) is 18.3 Å². The van der Waals surface area contributed by atoms with Crippen molar-refractivity contribution in [3.05, 3.63) is 5.69 Å². The summed E-state index contributed by atoms with van der Waals surface area (Å²) in [7, 11) is 0. The van der Waals surface area contributed by atoms with Crippen LogP contribution in [0.2, 0.25) is 0 Å². The van der Waals surface area contributed by atoms with Crippen molar-refractivity contribution < 1.29 is 0 Å². The molecule has 1 N–H and O–H groups in total. The van der Waals surface area contributed by atoms with Crippen molar-refractivity contribution in [2.45, 2.75) is 46.1 Å². The van der Waals surface area contributed by atoms with Crippen LogP contribution in [0.25, 0.3) is 0 Å². The monoisotopic (exact) mass is 268 g/mol. The number of hydrogen-bond donors (Lipinski definition) is 1. The van der Waals surface area contributed by atoms with Gasteiger partial charge < -0.3 is 5.32 Å². The molecule has 0 spiro atoms. The third-order valence-electron chi connectivity index (χ3n) is 3.57. The summed E-state index contributed by atoms with van der Waals surface area (Å²) < 4.78 is 4.08. The molecule has 2 heterocycles. The molecular formula is C13H24N4S. The second kappa shape index (κ2) is 7.04. The molecule has 2 rings (SSSR count). The van der Waals surface area contributed by atoms with E-state index in [0.29, 0.717) is 0 Å². The highest BCUT2D eigenvalue weighted by atomic mass is 32.1. The maximum Gasteiger partial charge on any atom is 0.134 e. The SMILES string of the molecule is CCCNc1snnc1CN1CCCC(C)CC1. The van der Waals surface area contributed by atoms with E-state index in [1.165, 1.54) is 43.9 Å². The zero-order valence-electron chi connectivity index (χ0n) is 11.5. The number of nitrogens with one attached hydrogen (secondary N) is 1. The first kappa shape index (κ1) is 13.7. The summed E-state index contributed by atoms with van der Waals surface area (Å²) in [6, 6.07) is 0. The predicted molar refractivity (Wildman–Crippen MR) is 77.0 cm³/mol. The van der Waals surface area contributed by atoms with E-state index in [1.54, 1.807) is 0 Å². The van der Waals surface area contributed by atoms with Crippen molar-refractivity contribution in [3.63, 3.8) is 0 Å². The van der Waals surface area contributed by atoms with Gasteiger partial charge in [0, 0.05) is 24.6 Å². The third kappa shape index (κ3) is 3.92. The van der Waals surface area contributed by atoms with Crippen LogP contribution in [-0.4, -0.2) is 34.1 Å². The molecule has 18 heavy (non-hydrogen) atoms. The van der Waals surface area contributed by atoms with E-state index in [9.17, 15) is 0 Å². The summed E-state index contributed by atoms with van der Waals surface area (Å²) in [6.45, 7) is 8.91. The van der Waals surface area contributed by atoms with Gasteiger partial charge in [-0.05, 0) is 44.7 Å². The molecule has 0 bridgehead atoms. The van der Waals surface area contributed by atoms with Crippen LogP contribution in [0.3, 0.4) is 0 Å². The Morgan fingerprint density at radius 1 is 1.39 bits per heavy atom. The number of nitrogens with zero attached hydrogens (tertiary/aromatic N) is 3. The van der Waals surface area contributed by atoms with E-state index >= 15 is 0 Å². The van der Waals surface area contributed by atoms with Crippen LogP contribution in [0.1, 0.15) is 45.2 Å². The van der Waals surface area contributed by atoms with Gasteiger partial charge in [0.2, 0.25) is 0 Å². The highest BCUT2D eigenvalue weighted by Crippen LogP contribution is 2.22. The fourth-order valence-electron chi connectivity index (χ4n) is 2.38. The highest BCUT2D eigenvalue weighted by Gasteiger charge is 2.16. The number of rotatable bonds is 5. The lowest BCUT2D eigenvalue weighted by Gasteiger charge is -2.19. The van der Waals surface area contributed by atoms with Crippen LogP contribution in [-0.2, 0) is 6.54 Å². The molecule has 1 aromatic heterocycles. The summed E-state index contributed by atoms with van der Waals surface area (Å²) in [4.78, 5) is 2.53. The maximum absolute atomic E-state index is 4.28. The van der Waals surface area contributed by atoms with Crippen molar-refractivity contribution >= 4 is 16.5 Å². The van der Waals surface area contributed by atoms with Gasteiger partial charge in [0.1, 0.15) is 10.7 Å². The van der Waals surface area contributed by atoms with Crippen molar-refractivity contribution in [2.75, 3.05) is 25.0 Å². The van der Waals surface area contributed by atoms with Gasteiger partial charge >= 0.3 is 0 Å². The molecule has 1 unspecified atom stereocenters. The maximum atomic E-state index is 4.28. The highest BCUT2D eigenvalue weighted by molar-refractivity contribution is 7.10. The van der Waals surface area contributed by atoms with Gasteiger partial charge in [0.15, 0.2) is 0 Å². The second-order valence-electron chi connectivity index (χ2n) is 5.29. The van der Waals surface area contributed by atoms with Gasteiger partial charge in [-0.15, -0.1) is 5.10 Å². The zero-order chi connectivity index (χ0) is 12.8. The van der Waals surface area contributed by atoms with Crippen molar-refractivity contribution in [1.82, 2.24) is 14.5 Å². The number of likely N-dealkylation sites (tertiary alicyclic amines) is 1. The molecule has 1 aliphatic heterocycles. The lowest BCUT2D eigenvalue weighted by atomic mass is 10.0. The molecule has 0 radical (unpaired) electrons. The smallest absolute Gasteiger partial charge is 0.134 e. The molecule has 0 amide bonds. The Bertz CT molecular complexity index is 353. The first-order valence-corrected chi connectivity index (χ1v) is 7.84. The minimum Gasteiger partial charge on any atom is -0.374 e. The van der Waals surface area contributed by atoms with Crippen molar-refractivity contribution in [3.8, 4) is 0 Å². The lowest BCUT2D eigenvalue weighted by molar-refractivity contribution is 0.271. The molecule has 1 aliphatic rings. The van der Waals surface area contributed by atoms with E-state index in [0.717, 1.165) is 36.1 Å². The van der Waals surface area contributed by atoms with Crippen LogP contribution >= 0.6 is 11.5 Å². The number of hydrogen-bond acceptors (Lipinski definition) is 5. The second-order valence-corrected chi connectivity index (χ2v) is 6.04. The Kier molecular flexibility index (Phi) is 5.38. The van der Waals surface area contributed by atoms with Crippen molar-refractivity contribution in [1.29, 1.82) is 0 Å². The van der Waals surface area contributed by atoms with E-state index in [-0.39, 0.29) is 0 Å². The number of aromatic nitrogens is 2. The molecule has 1 aromatic rings. The van der Waals surface area contributed by atoms with Crippen LogP contribution in [0.15, 0.2) is 0 Å². The van der Waals surface area contributed by atoms with Crippen molar-refractivity contribution in [2.24, 2.45) is 5.92 Å². The van der Waals surface area contributed by atoms with E-state index in [1.807, 2.05) is 0 Å². The summed E-state index contributed by atoms with van der Waals surface area (Å²) in [5.41, 5.74) is 1.13. The van der Waals surface area contributed by atoms with Gasteiger partial charge in [-0.25, -0.2) is 0 Å². The lowest BCUT2D eigenvalue weighted by Crippen LogP contribution is -2.25. The van der Waals surface area contributed by atoms with Gasteiger partial charge in [0.05, 0.1) is 0 Å². The molecule has 4 nitrogen and oxygen atoms in total. The Labute approximate surface area is 114 Å².